The standard InChI is InChI=1S/C29H44O10/c1-7-15(2)25(33)38-23-12-20(32)24-27(6,21-11-19-8-9-34-26(19)39-21)16(3)10-22(37-18(5)31)28(24,13-35-17(4)30)29(23)14-36-29/h15-16,19-24,26,32H,7-14H2,1-6H3/t15-,16+,19+,20+,21-,22-,23-,24+,26-,27+,28+,29+/m0/s1. The number of ether oxygens (including phenoxy) is 6. The summed E-state index contributed by atoms with van der Waals surface area (Å²) in [7, 11) is 0. The lowest BCUT2D eigenvalue weighted by molar-refractivity contribution is -0.293. The van der Waals surface area contributed by atoms with Gasteiger partial charge in [-0.1, -0.05) is 27.7 Å². The second-order valence-corrected chi connectivity index (χ2v) is 12.8. The maximum absolute atomic E-state index is 13.0. The molecule has 0 aromatic carbocycles. The van der Waals surface area contributed by atoms with Gasteiger partial charge in [-0.05, 0) is 31.6 Å². The van der Waals surface area contributed by atoms with Crippen LogP contribution >= 0.6 is 0 Å². The summed E-state index contributed by atoms with van der Waals surface area (Å²) in [4.78, 5) is 37.7. The molecule has 0 aromatic rings. The lowest BCUT2D eigenvalue weighted by Crippen LogP contribution is -2.75. The van der Waals surface area contributed by atoms with Crippen LogP contribution in [0.3, 0.4) is 0 Å². The Morgan fingerprint density at radius 2 is 1.79 bits per heavy atom. The van der Waals surface area contributed by atoms with E-state index in [1.54, 1.807) is 6.92 Å². The SMILES string of the molecule is CC[C@H](C)C(=O)O[C@H]1C[C@@H](O)[C@@H]2[C@@](C)([C@@H]3C[C@H]4CCO[C@H]4O3)[C@H](C)C[C@H](OC(C)=O)[C@@]2(COC(C)=O)[C@@]12CO2. The maximum atomic E-state index is 13.0. The molecule has 3 heterocycles. The predicted molar refractivity (Wildman–Crippen MR) is 136 cm³/mol. The van der Waals surface area contributed by atoms with E-state index >= 15 is 0 Å². The monoisotopic (exact) mass is 552 g/mol. The van der Waals surface area contributed by atoms with Crippen LogP contribution in [0.2, 0.25) is 0 Å². The molecule has 3 saturated heterocycles. The molecule has 2 saturated carbocycles. The Labute approximate surface area is 230 Å². The fourth-order valence-corrected chi connectivity index (χ4v) is 8.36. The zero-order valence-electron chi connectivity index (χ0n) is 24.0. The second-order valence-electron chi connectivity index (χ2n) is 12.8. The van der Waals surface area contributed by atoms with E-state index in [2.05, 4.69) is 13.8 Å². The van der Waals surface area contributed by atoms with Crippen molar-refractivity contribution in [3.8, 4) is 0 Å². The van der Waals surface area contributed by atoms with Gasteiger partial charge in [-0.15, -0.1) is 0 Å². The maximum Gasteiger partial charge on any atom is 0.309 e. The fourth-order valence-electron chi connectivity index (χ4n) is 8.36. The molecular weight excluding hydrogens is 508 g/mol. The second kappa shape index (κ2) is 10.3. The number of carbonyl (C=O) groups is 3. The van der Waals surface area contributed by atoms with Crippen molar-refractivity contribution in [3.63, 3.8) is 0 Å². The third-order valence-electron chi connectivity index (χ3n) is 10.8. The number of hydrogen-bond donors (Lipinski definition) is 1. The number of epoxide rings is 1. The van der Waals surface area contributed by atoms with Gasteiger partial charge in [0.1, 0.15) is 24.4 Å². The van der Waals surface area contributed by atoms with Gasteiger partial charge < -0.3 is 33.5 Å². The summed E-state index contributed by atoms with van der Waals surface area (Å²) < 4.78 is 36.5. The topological polar surface area (TPSA) is 130 Å². The summed E-state index contributed by atoms with van der Waals surface area (Å²) in [5, 5.41) is 12.0. The number of aliphatic hydroxyl groups excluding tert-OH is 1. The Kier molecular flexibility index (Phi) is 7.57. The van der Waals surface area contributed by atoms with Crippen molar-refractivity contribution in [2.24, 2.45) is 34.5 Å². The van der Waals surface area contributed by atoms with Gasteiger partial charge in [0, 0.05) is 37.5 Å². The van der Waals surface area contributed by atoms with Crippen molar-refractivity contribution in [1.29, 1.82) is 0 Å². The quantitative estimate of drug-likeness (QED) is 0.286. The average molecular weight is 553 g/mol. The molecule has 10 heteroatoms. The predicted octanol–water partition coefficient (Wildman–Crippen LogP) is 2.77. The highest BCUT2D eigenvalue weighted by Gasteiger charge is 2.81. The van der Waals surface area contributed by atoms with Gasteiger partial charge in [0.25, 0.3) is 0 Å². The Morgan fingerprint density at radius 1 is 1.08 bits per heavy atom. The van der Waals surface area contributed by atoms with Crippen LogP contribution in [-0.4, -0.2) is 79.1 Å². The first-order chi connectivity index (χ1) is 18.4. The van der Waals surface area contributed by atoms with E-state index in [-0.39, 0.29) is 55.8 Å². The van der Waals surface area contributed by atoms with Crippen LogP contribution in [0, 0.1) is 34.5 Å². The van der Waals surface area contributed by atoms with Crippen LogP contribution in [0.15, 0.2) is 0 Å². The molecule has 0 unspecified atom stereocenters. The van der Waals surface area contributed by atoms with Crippen LogP contribution < -0.4 is 0 Å². The van der Waals surface area contributed by atoms with Crippen molar-refractivity contribution in [2.45, 2.75) is 110 Å². The molecule has 1 spiro atoms. The number of carbonyl (C=O) groups excluding carboxylic acids is 3. The van der Waals surface area contributed by atoms with Crippen LogP contribution in [0.5, 0.6) is 0 Å². The minimum Gasteiger partial charge on any atom is -0.465 e. The third-order valence-corrected chi connectivity index (χ3v) is 10.8. The first kappa shape index (κ1) is 28.8. The zero-order chi connectivity index (χ0) is 28.3. The van der Waals surface area contributed by atoms with Crippen molar-refractivity contribution in [2.75, 3.05) is 19.8 Å². The molecule has 0 amide bonds. The summed E-state index contributed by atoms with van der Waals surface area (Å²) in [5.74, 6) is -1.94. The fraction of sp³-hybridized carbons (Fsp3) is 0.897. The number of esters is 3. The number of hydrogen-bond acceptors (Lipinski definition) is 10. The first-order valence-electron chi connectivity index (χ1n) is 14.5. The smallest absolute Gasteiger partial charge is 0.309 e. The van der Waals surface area contributed by atoms with Gasteiger partial charge in [0.05, 0.1) is 36.8 Å². The van der Waals surface area contributed by atoms with E-state index in [1.807, 2.05) is 6.92 Å². The summed E-state index contributed by atoms with van der Waals surface area (Å²) in [6, 6.07) is 0. The van der Waals surface area contributed by atoms with Gasteiger partial charge >= 0.3 is 17.9 Å². The molecule has 12 atom stereocenters. The summed E-state index contributed by atoms with van der Waals surface area (Å²) in [5.41, 5.74) is -2.85. The number of aliphatic hydroxyl groups is 1. The Morgan fingerprint density at radius 3 is 2.38 bits per heavy atom. The van der Waals surface area contributed by atoms with E-state index < -0.39 is 52.6 Å². The molecule has 0 aromatic heterocycles. The minimum absolute atomic E-state index is 0.0224. The van der Waals surface area contributed by atoms with Crippen LogP contribution in [0.1, 0.15) is 73.6 Å². The Hall–Kier alpha value is -1.75. The van der Waals surface area contributed by atoms with Crippen LogP contribution in [0.4, 0.5) is 0 Å². The number of fused-ring (bicyclic) bond motifs is 3. The van der Waals surface area contributed by atoms with Crippen molar-refractivity contribution in [1.82, 2.24) is 0 Å². The largest absolute Gasteiger partial charge is 0.465 e. The molecule has 5 rings (SSSR count). The van der Waals surface area contributed by atoms with Crippen LogP contribution in [0.25, 0.3) is 0 Å². The molecule has 10 nitrogen and oxygen atoms in total. The van der Waals surface area contributed by atoms with Crippen molar-refractivity contribution in [3.05, 3.63) is 0 Å². The molecule has 3 aliphatic heterocycles. The van der Waals surface area contributed by atoms with E-state index in [1.165, 1.54) is 13.8 Å². The van der Waals surface area contributed by atoms with E-state index in [0.29, 0.717) is 19.4 Å². The van der Waals surface area contributed by atoms with E-state index in [4.69, 9.17) is 28.4 Å². The molecule has 1 N–H and O–H groups in total. The molecular formula is C29H44O10. The molecule has 0 bridgehead atoms. The normalized spacial score (nSPS) is 47.2. The highest BCUT2D eigenvalue weighted by molar-refractivity contribution is 5.72. The molecule has 0 radical (unpaired) electrons. The van der Waals surface area contributed by atoms with Crippen LogP contribution in [-0.2, 0) is 42.8 Å². The molecule has 2 aliphatic carbocycles. The van der Waals surface area contributed by atoms with Gasteiger partial charge in [0.15, 0.2) is 6.29 Å². The van der Waals surface area contributed by atoms with Crippen molar-refractivity contribution >= 4 is 17.9 Å². The molecule has 39 heavy (non-hydrogen) atoms. The van der Waals surface area contributed by atoms with Gasteiger partial charge in [-0.25, -0.2) is 0 Å². The van der Waals surface area contributed by atoms with E-state index in [0.717, 1.165) is 12.8 Å². The summed E-state index contributed by atoms with van der Waals surface area (Å²) in [6.07, 6.45) is -0.0418. The van der Waals surface area contributed by atoms with Gasteiger partial charge in [-0.3, -0.25) is 14.4 Å². The van der Waals surface area contributed by atoms with Gasteiger partial charge in [0.2, 0.25) is 0 Å². The lowest BCUT2D eigenvalue weighted by atomic mass is 9.41. The minimum atomic E-state index is -1.16. The first-order valence-corrected chi connectivity index (χ1v) is 14.5. The van der Waals surface area contributed by atoms with Gasteiger partial charge in [-0.2, -0.15) is 0 Å². The number of rotatable bonds is 7. The molecule has 5 aliphatic rings. The third kappa shape index (κ3) is 4.41. The average Bonchev–Trinajstić information content (AvgIpc) is 3.37. The highest BCUT2D eigenvalue weighted by atomic mass is 16.7. The summed E-state index contributed by atoms with van der Waals surface area (Å²) >= 11 is 0. The Bertz CT molecular complexity index is 967. The molecule has 220 valence electrons. The molecule has 5 fully saturated rings. The van der Waals surface area contributed by atoms with Crippen molar-refractivity contribution < 1.29 is 47.9 Å². The highest BCUT2D eigenvalue weighted by Crippen LogP contribution is 2.70. The summed E-state index contributed by atoms with van der Waals surface area (Å²) in [6.45, 7) is 11.4. The Balaban J connectivity index is 1.62. The zero-order valence-corrected chi connectivity index (χ0v) is 24.0. The lowest BCUT2D eigenvalue weighted by Gasteiger charge is -2.65. The van der Waals surface area contributed by atoms with E-state index in [9.17, 15) is 19.5 Å².